The number of amides is 2. The molecule has 0 heterocycles. The molecule has 0 atom stereocenters. The Bertz CT molecular complexity index is 596. The van der Waals surface area contributed by atoms with Gasteiger partial charge in [0, 0.05) is 25.0 Å². The molecule has 130 valence electrons. The maximum Gasteiger partial charge on any atom is 0.239 e. The van der Waals surface area contributed by atoms with Gasteiger partial charge in [0.1, 0.15) is 0 Å². The van der Waals surface area contributed by atoms with Gasteiger partial charge in [0.05, 0.1) is 6.54 Å². The maximum absolute atomic E-state index is 12.1. The zero-order valence-electron chi connectivity index (χ0n) is 14.2. The molecule has 0 unspecified atom stereocenters. The highest BCUT2D eigenvalue weighted by molar-refractivity contribution is 6.30. The van der Waals surface area contributed by atoms with Crippen molar-refractivity contribution < 1.29 is 9.59 Å². The van der Waals surface area contributed by atoms with Gasteiger partial charge in [0.2, 0.25) is 11.8 Å². The van der Waals surface area contributed by atoms with Gasteiger partial charge in [-0.1, -0.05) is 35.4 Å². The van der Waals surface area contributed by atoms with Crippen LogP contribution in [0.15, 0.2) is 35.9 Å². The topological polar surface area (TPSA) is 49.4 Å². The van der Waals surface area contributed by atoms with Crippen molar-refractivity contribution in [3.05, 3.63) is 46.5 Å². The molecule has 0 saturated heterocycles. The van der Waals surface area contributed by atoms with E-state index in [9.17, 15) is 9.59 Å². The second kappa shape index (κ2) is 9.48. The van der Waals surface area contributed by atoms with Crippen molar-refractivity contribution in [1.29, 1.82) is 0 Å². The lowest BCUT2D eigenvalue weighted by atomic mass is 9.97. The smallest absolute Gasteiger partial charge is 0.239 e. The summed E-state index contributed by atoms with van der Waals surface area (Å²) in [6.07, 6.45) is 7.89. The summed E-state index contributed by atoms with van der Waals surface area (Å²) in [5, 5.41) is 3.52. The molecular formula is C19H25ClN2O2. The number of benzene rings is 1. The van der Waals surface area contributed by atoms with Crippen molar-refractivity contribution in [2.24, 2.45) is 0 Å². The summed E-state index contributed by atoms with van der Waals surface area (Å²) in [5.74, 6) is -0.203. The number of rotatable bonds is 7. The van der Waals surface area contributed by atoms with Gasteiger partial charge in [-0.15, -0.1) is 0 Å². The van der Waals surface area contributed by atoms with E-state index in [4.69, 9.17) is 11.6 Å². The Labute approximate surface area is 148 Å². The fourth-order valence-corrected chi connectivity index (χ4v) is 2.92. The number of hydrogen-bond acceptors (Lipinski definition) is 2. The van der Waals surface area contributed by atoms with Gasteiger partial charge in [0.15, 0.2) is 0 Å². The number of allylic oxidation sites excluding steroid dienone is 1. The van der Waals surface area contributed by atoms with Gasteiger partial charge >= 0.3 is 0 Å². The van der Waals surface area contributed by atoms with Crippen LogP contribution in [0.25, 0.3) is 0 Å². The summed E-state index contributed by atoms with van der Waals surface area (Å²) in [4.78, 5) is 25.5. The largest absolute Gasteiger partial charge is 0.350 e. The van der Waals surface area contributed by atoms with Crippen LogP contribution >= 0.6 is 11.6 Å². The van der Waals surface area contributed by atoms with E-state index < -0.39 is 0 Å². The quantitative estimate of drug-likeness (QED) is 0.764. The second-order valence-corrected chi connectivity index (χ2v) is 6.64. The number of nitrogens with one attached hydrogen (secondary N) is 1. The Morgan fingerprint density at radius 1 is 1.21 bits per heavy atom. The van der Waals surface area contributed by atoms with Crippen LogP contribution in [0.4, 0.5) is 0 Å². The van der Waals surface area contributed by atoms with Crippen LogP contribution in [-0.2, 0) is 16.1 Å². The Hall–Kier alpha value is -1.81. The van der Waals surface area contributed by atoms with E-state index in [0.717, 1.165) is 24.8 Å². The van der Waals surface area contributed by atoms with E-state index in [1.807, 2.05) is 12.1 Å². The molecule has 2 rings (SSSR count). The molecule has 0 bridgehead atoms. The van der Waals surface area contributed by atoms with E-state index >= 15 is 0 Å². The summed E-state index contributed by atoms with van der Waals surface area (Å²) in [7, 11) is 0. The fourth-order valence-electron chi connectivity index (χ4n) is 2.79. The first-order valence-corrected chi connectivity index (χ1v) is 8.87. The van der Waals surface area contributed by atoms with Crippen molar-refractivity contribution >= 4 is 23.4 Å². The standard InChI is InChI=1S/C19H25ClN2O2/c1-15(23)22(12-11-16-5-3-2-4-6-16)14-19(24)21-13-17-7-9-18(20)10-8-17/h5,7-10H,2-4,6,11-14H2,1H3,(H,21,24). The van der Waals surface area contributed by atoms with E-state index in [1.54, 1.807) is 17.0 Å². The zero-order valence-corrected chi connectivity index (χ0v) is 14.9. The third-order valence-electron chi connectivity index (χ3n) is 4.27. The lowest BCUT2D eigenvalue weighted by Crippen LogP contribution is -2.40. The average molecular weight is 349 g/mol. The number of hydrogen-bond donors (Lipinski definition) is 1. The van der Waals surface area contributed by atoms with Gasteiger partial charge < -0.3 is 10.2 Å². The van der Waals surface area contributed by atoms with Gasteiger partial charge in [-0.25, -0.2) is 0 Å². The van der Waals surface area contributed by atoms with Crippen LogP contribution in [-0.4, -0.2) is 29.8 Å². The van der Waals surface area contributed by atoms with Gasteiger partial charge in [-0.3, -0.25) is 9.59 Å². The molecule has 2 amide bonds. The molecule has 0 spiro atoms. The monoisotopic (exact) mass is 348 g/mol. The van der Waals surface area contributed by atoms with Crippen LogP contribution < -0.4 is 5.32 Å². The first kappa shape index (κ1) is 18.5. The van der Waals surface area contributed by atoms with Crippen molar-refractivity contribution in [3.8, 4) is 0 Å². The van der Waals surface area contributed by atoms with Crippen molar-refractivity contribution in [1.82, 2.24) is 10.2 Å². The predicted octanol–water partition coefficient (Wildman–Crippen LogP) is 3.70. The number of halogens is 1. The second-order valence-electron chi connectivity index (χ2n) is 6.20. The Morgan fingerprint density at radius 2 is 1.96 bits per heavy atom. The summed E-state index contributed by atoms with van der Waals surface area (Å²) in [6.45, 7) is 2.67. The van der Waals surface area contributed by atoms with Crippen LogP contribution in [0.3, 0.4) is 0 Å². The Morgan fingerprint density at radius 3 is 2.58 bits per heavy atom. The molecule has 0 radical (unpaired) electrons. The highest BCUT2D eigenvalue weighted by atomic mass is 35.5. The average Bonchev–Trinajstić information content (AvgIpc) is 2.58. The minimum Gasteiger partial charge on any atom is -0.350 e. The van der Waals surface area contributed by atoms with E-state index in [0.29, 0.717) is 18.1 Å². The van der Waals surface area contributed by atoms with Gasteiger partial charge in [-0.2, -0.15) is 0 Å². The normalized spacial score (nSPS) is 14.0. The maximum atomic E-state index is 12.1. The summed E-state index contributed by atoms with van der Waals surface area (Å²) in [5.41, 5.74) is 2.39. The molecular weight excluding hydrogens is 324 g/mol. The molecule has 0 aromatic heterocycles. The summed E-state index contributed by atoms with van der Waals surface area (Å²) >= 11 is 5.84. The van der Waals surface area contributed by atoms with Gasteiger partial charge in [0.25, 0.3) is 0 Å². The lowest BCUT2D eigenvalue weighted by molar-refractivity contribution is -0.134. The van der Waals surface area contributed by atoms with Crippen LogP contribution in [0.1, 0.15) is 44.6 Å². The highest BCUT2D eigenvalue weighted by Gasteiger charge is 2.14. The molecule has 0 aliphatic heterocycles. The summed E-state index contributed by atoms with van der Waals surface area (Å²) < 4.78 is 0. The summed E-state index contributed by atoms with van der Waals surface area (Å²) in [6, 6.07) is 7.34. The number of carbonyl (C=O) groups is 2. The molecule has 24 heavy (non-hydrogen) atoms. The number of carbonyl (C=O) groups excluding carboxylic acids is 2. The molecule has 1 aliphatic carbocycles. The molecule has 1 N–H and O–H groups in total. The van der Waals surface area contributed by atoms with Crippen LogP contribution in [0, 0.1) is 0 Å². The first-order chi connectivity index (χ1) is 11.5. The molecule has 0 saturated carbocycles. The van der Waals surface area contributed by atoms with Crippen LogP contribution in [0.5, 0.6) is 0 Å². The Kier molecular flexibility index (Phi) is 7.32. The van der Waals surface area contributed by atoms with E-state index in [2.05, 4.69) is 11.4 Å². The molecule has 1 aromatic rings. The first-order valence-electron chi connectivity index (χ1n) is 8.49. The highest BCUT2D eigenvalue weighted by Crippen LogP contribution is 2.20. The van der Waals surface area contributed by atoms with Gasteiger partial charge in [-0.05, 0) is 49.8 Å². The Balaban J connectivity index is 1.78. The zero-order chi connectivity index (χ0) is 17.4. The minimum absolute atomic E-state index is 0.0620. The SMILES string of the molecule is CC(=O)N(CCC1=CCCCC1)CC(=O)NCc1ccc(Cl)cc1. The minimum atomic E-state index is -0.141. The van der Waals surface area contributed by atoms with Crippen LogP contribution in [0.2, 0.25) is 5.02 Å². The third kappa shape index (κ3) is 6.36. The van der Waals surface area contributed by atoms with E-state index in [-0.39, 0.29) is 18.4 Å². The fraction of sp³-hybridized carbons (Fsp3) is 0.474. The van der Waals surface area contributed by atoms with Crippen molar-refractivity contribution in [2.45, 2.75) is 45.6 Å². The number of nitrogens with zero attached hydrogens (tertiary/aromatic N) is 1. The lowest BCUT2D eigenvalue weighted by Gasteiger charge is -2.22. The molecule has 0 fully saturated rings. The van der Waals surface area contributed by atoms with Crippen molar-refractivity contribution in [2.75, 3.05) is 13.1 Å². The predicted molar refractivity (Wildman–Crippen MR) is 96.7 cm³/mol. The molecule has 1 aliphatic rings. The molecule has 1 aromatic carbocycles. The van der Waals surface area contributed by atoms with E-state index in [1.165, 1.54) is 25.3 Å². The molecule has 5 heteroatoms. The third-order valence-corrected chi connectivity index (χ3v) is 4.52. The van der Waals surface area contributed by atoms with Crippen molar-refractivity contribution in [3.63, 3.8) is 0 Å². The molecule has 4 nitrogen and oxygen atoms in total.